The van der Waals surface area contributed by atoms with E-state index in [1.54, 1.807) is 19.2 Å². The molecule has 134 valence electrons. The lowest BCUT2D eigenvalue weighted by Gasteiger charge is -2.27. The molecule has 1 atom stereocenters. The number of rotatable bonds is 4. The van der Waals surface area contributed by atoms with Crippen molar-refractivity contribution in [3.63, 3.8) is 0 Å². The van der Waals surface area contributed by atoms with E-state index in [0.29, 0.717) is 12.5 Å². The Morgan fingerprint density at radius 2 is 2.28 bits per heavy atom. The number of fused-ring (bicyclic) bond motifs is 1. The molecule has 0 saturated heterocycles. The summed E-state index contributed by atoms with van der Waals surface area (Å²) < 4.78 is 15.5. The van der Waals surface area contributed by atoms with Gasteiger partial charge in [0.1, 0.15) is 17.5 Å². The van der Waals surface area contributed by atoms with Crippen molar-refractivity contribution >= 4 is 5.96 Å². The van der Waals surface area contributed by atoms with Crippen LogP contribution in [-0.4, -0.2) is 46.3 Å². The summed E-state index contributed by atoms with van der Waals surface area (Å²) in [5, 5.41) is 11.8. The van der Waals surface area contributed by atoms with Crippen molar-refractivity contribution in [2.24, 2.45) is 10.9 Å². The van der Waals surface area contributed by atoms with Gasteiger partial charge in [-0.15, -0.1) is 10.2 Å². The van der Waals surface area contributed by atoms with Crippen LogP contribution in [0.4, 0.5) is 4.39 Å². The molecule has 1 unspecified atom stereocenters. The zero-order valence-electron chi connectivity index (χ0n) is 15.0. The molecular formula is C18H25FN6. The van der Waals surface area contributed by atoms with Crippen molar-refractivity contribution in [1.82, 2.24) is 25.0 Å². The van der Waals surface area contributed by atoms with Crippen molar-refractivity contribution in [2.45, 2.75) is 32.9 Å². The zero-order valence-corrected chi connectivity index (χ0v) is 15.0. The zero-order chi connectivity index (χ0) is 17.8. The molecular weight excluding hydrogens is 319 g/mol. The number of guanidine groups is 1. The minimum atomic E-state index is -0.212. The maximum Gasteiger partial charge on any atom is 0.193 e. The summed E-state index contributed by atoms with van der Waals surface area (Å²) in [5.74, 6) is 3.18. The van der Waals surface area contributed by atoms with Gasteiger partial charge in [-0.1, -0.05) is 12.1 Å². The SMILES string of the molecule is CN=C(NCC1CCc2nnc(C)n2C1)N(C)Cc1cccc(F)c1. The highest BCUT2D eigenvalue weighted by Gasteiger charge is 2.22. The van der Waals surface area contributed by atoms with Gasteiger partial charge in [0, 0.05) is 40.2 Å². The Balaban J connectivity index is 1.55. The van der Waals surface area contributed by atoms with E-state index >= 15 is 0 Å². The first-order chi connectivity index (χ1) is 12.1. The Hall–Kier alpha value is -2.44. The summed E-state index contributed by atoms with van der Waals surface area (Å²) in [6.07, 6.45) is 2.06. The Morgan fingerprint density at radius 1 is 1.44 bits per heavy atom. The number of nitrogens with zero attached hydrogens (tertiary/aromatic N) is 5. The molecule has 0 radical (unpaired) electrons. The highest BCUT2D eigenvalue weighted by Crippen LogP contribution is 2.19. The minimum absolute atomic E-state index is 0.212. The van der Waals surface area contributed by atoms with Crippen LogP contribution in [0.25, 0.3) is 0 Å². The summed E-state index contributed by atoms with van der Waals surface area (Å²) in [6.45, 7) is 4.39. The third kappa shape index (κ3) is 4.15. The highest BCUT2D eigenvalue weighted by molar-refractivity contribution is 5.79. The molecule has 0 amide bonds. The highest BCUT2D eigenvalue weighted by atomic mass is 19.1. The topological polar surface area (TPSA) is 58.3 Å². The molecule has 1 N–H and O–H groups in total. The van der Waals surface area contributed by atoms with E-state index in [1.165, 1.54) is 6.07 Å². The molecule has 0 fully saturated rings. The number of nitrogens with one attached hydrogen (secondary N) is 1. The predicted molar refractivity (Wildman–Crippen MR) is 95.8 cm³/mol. The van der Waals surface area contributed by atoms with Gasteiger partial charge in [-0.05, 0) is 37.0 Å². The van der Waals surface area contributed by atoms with E-state index in [9.17, 15) is 4.39 Å². The van der Waals surface area contributed by atoms with E-state index in [0.717, 1.165) is 49.1 Å². The van der Waals surface area contributed by atoms with Crippen LogP contribution in [-0.2, 0) is 19.5 Å². The average Bonchev–Trinajstić information content (AvgIpc) is 2.96. The van der Waals surface area contributed by atoms with E-state index < -0.39 is 0 Å². The Labute approximate surface area is 147 Å². The summed E-state index contributed by atoms with van der Waals surface area (Å²) in [6, 6.07) is 6.67. The van der Waals surface area contributed by atoms with Crippen LogP contribution in [0.15, 0.2) is 29.3 Å². The Morgan fingerprint density at radius 3 is 3.04 bits per heavy atom. The predicted octanol–water partition coefficient (Wildman–Crippen LogP) is 2.00. The Kier molecular flexibility index (Phi) is 5.31. The first-order valence-corrected chi connectivity index (χ1v) is 8.61. The Bertz CT molecular complexity index is 754. The smallest absolute Gasteiger partial charge is 0.193 e. The summed E-state index contributed by atoms with van der Waals surface area (Å²) in [7, 11) is 3.73. The second-order valence-corrected chi connectivity index (χ2v) is 6.59. The summed E-state index contributed by atoms with van der Waals surface area (Å²) in [5.41, 5.74) is 0.924. The first kappa shape index (κ1) is 17.4. The van der Waals surface area contributed by atoms with Crippen LogP contribution in [0, 0.1) is 18.7 Å². The standard InChI is InChI=1S/C18H25FN6/c1-13-22-23-17-8-7-15(12-25(13)17)10-21-18(20-2)24(3)11-14-5-4-6-16(19)9-14/h4-6,9,15H,7-8,10-12H2,1-3H3,(H,20,21). The molecule has 1 aromatic heterocycles. The maximum atomic E-state index is 13.3. The van der Waals surface area contributed by atoms with Crippen molar-refractivity contribution in [1.29, 1.82) is 0 Å². The van der Waals surface area contributed by atoms with Gasteiger partial charge < -0.3 is 14.8 Å². The van der Waals surface area contributed by atoms with Crippen LogP contribution >= 0.6 is 0 Å². The van der Waals surface area contributed by atoms with Crippen molar-refractivity contribution in [3.8, 4) is 0 Å². The lowest BCUT2D eigenvalue weighted by atomic mass is 9.99. The van der Waals surface area contributed by atoms with Gasteiger partial charge in [-0.3, -0.25) is 4.99 Å². The molecule has 25 heavy (non-hydrogen) atoms. The first-order valence-electron chi connectivity index (χ1n) is 8.61. The molecule has 2 aromatic rings. The van der Waals surface area contributed by atoms with Crippen molar-refractivity contribution in [2.75, 3.05) is 20.6 Å². The number of halogens is 1. The van der Waals surface area contributed by atoms with Crippen LogP contribution in [0.5, 0.6) is 0 Å². The van der Waals surface area contributed by atoms with Gasteiger partial charge in [0.2, 0.25) is 0 Å². The van der Waals surface area contributed by atoms with E-state index in [4.69, 9.17) is 0 Å². The molecule has 1 aliphatic heterocycles. The quantitative estimate of drug-likeness (QED) is 0.681. The second kappa shape index (κ2) is 7.63. The van der Waals surface area contributed by atoms with E-state index in [-0.39, 0.29) is 5.82 Å². The van der Waals surface area contributed by atoms with Gasteiger partial charge in [0.05, 0.1) is 0 Å². The fourth-order valence-electron chi connectivity index (χ4n) is 3.30. The van der Waals surface area contributed by atoms with E-state index in [2.05, 4.69) is 25.1 Å². The summed E-state index contributed by atoms with van der Waals surface area (Å²) in [4.78, 5) is 6.36. The number of aromatic nitrogens is 3. The number of aryl methyl sites for hydroxylation is 2. The third-order valence-electron chi connectivity index (χ3n) is 4.66. The molecule has 1 aromatic carbocycles. The van der Waals surface area contributed by atoms with Gasteiger partial charge in [-0.2, -0.15) is 0 Å². The number of hydrogen-bond acceptors (Lipinski definition) is 3. The average molecular weight is 344 g/mol. The van der Waals surface area contributed by atoms with Crippen LogP contribution in [0.3, 0.4) is 0 Å². The van der Waals surface area contributed by atoms with Crippen molar-refractivity contribution < 1.29 is 4.39 Å². The molecule has 0 aliphatic carbocycles. The maximum absolute atomic E-state index is 13.3. The molecule has 1 aliphatic rings. The monoisotopic (exact) mass is 344 g/mol. The molecule has 2 heterocycles. The normalized spacial score (nSPS) is 17.3. The van der Waals surface area contributed by atoms with Crippen molar-refractivity contribution in [3.05, 3.63) is 47.3 Å². The van der Waals surface area contributed by atoms with Crippen LogP contribution in [0.1, 0.15) is 23.6 Å². The third-order valence-corrected chi connectivity index (χ3v) is 4.66. The number of hydrogen-bond donors (Lipinski definition) is 1. The van der Waals surface area contributed by atoms with Gasteiger partial charge in [0.15, 0.2) is 5.96 Å². The second-order valence-electron chi connectivity index (χ2n) is 6.59. The fraction of sp³-hybridized carbons (Fsp3) is 0.500. The van der Waals surface area contributed by atoms with Gasteiger partial charge in [0.25, 0.3) is 0 Å². The molecule has 7 heteroatoms. The number of aliphatic imine (C=N–C) groups is 1. The molecule has 3 rings (SSSR count). The minimum Gasteiger partial charge on any atom is -0.356 e. The molecule has 6 nitrogen and oxygen atoms in total. The fourth-order valence-corrected chi connectivity index (χ4v) is 3.30. The van der Waals surface area contributed by atoms with Gasteiger partial charge >= 0.3 is 0 Å². The van der Waals surface area contributed by atoms with Crippen LogP contribution in [0.2, 0.25) is 0 Å². The largest absolute Gasteiger partial charge is 0.356 e. The van der Waals surface area contributed by atoms with Crippen LogP contribution < -0.4 is 5.32 Å². The number of benzene rings is 1. The summed E-state index contributed by atoms with van der Waals surface area (Å²) >= 11 is 0. The lowest BCUT2D eigenvalue weighted by Crippen LogP contribution is -2.42. The van der Waals surface area contributed by atoms with E-state index in [1.807, 2.05) is 24.9 Å². The molecule has 0 saturated carbocycles. The lowest BCUT2D eigenvalue weighted by molar-refractivity contribution is 0.352. The molecule has 0 spiro atoms. The van der Waals surface area contributed by atoms with Gasteiger partial charge in [-0.25, -0.2) is 4.39 Å². The molecule has 0 bridgehead atoms.